The fourth-order valence-corrected chi connectivity index (χ4v) is 9.59. The summed E-state index contributed by atoms with van der Waals surface area (Å²) in [4.78, 5) is 38.3. The molecule has 0 spiro atoms. The summed E-state index contributed by atoms with van der Waals surface area (Å²) >= 11 is 0. The van der Waals surface area contributed by atoms with Crippen LogP contribution in [-0.4, -0.2) is 37.2 Å². The van der Waals surface area contributed by atoms with E-state index in [9.17, 15) is 14.4 Å². The van der Waals surface area contributed by atoms with E-state index in [0.717, 1.165) is 77.0 Å². The average molecular weight is 1060 g/mol. The molecule has 0 bridgehead atoms. The third kappa shape index (κ3) is 61.7. The minimum Gasteiger partial charge on any atom is -0.462 e. The molecule has 0 heterocycles. The molecule has 440 valence electrons. The Morgan fingerprint density at radius 1 is 0.276 bits per heavy atom. The van der Waals surface area contributed by atoms with E-state index in [2.05, 4.69) is 87.6 Å². The van der Waals surface area contributed by atoms with Gasteiger partial charge in [0.15, 0.2) is 6.10 Å². The van der Waals surface area contributed by atoms with Gasteiger partial charge in [0.05, 0.1) is 0 Å². The van der Waals surface area contributed by atoms with E-state index in [1.165, 1.54) is 212 Å². The molecule has 0 fully saturated rings. The molecule has 0 saturated heterocycles. The maximum Gasteiger partial charge on any atom is 0.306 e. The highest BCUT2D eigenvalue weighted by atomic mass is 16.6. The third-order valence-electron chi connectivity index (χ3n) is 14.5. The van der Waals surface area contributed by atoms with E-state index < -0.39 is 6.10 Å². The maximum absolute atomic E-state index is 12.9. The van der Waals surface area contributed by atoms with E-state index in [-0.39, 0.29) is 37.5 Å². The van der Waals surface area contributed by atoms with Crippen LogP contribution in [0.1, 0.15) is 335 Å². The van der Waals surface area contributed by atoms with Crippen molar-refractivity contribution in [1.82, 2.24) is 0 Å². The van der Waals surface area contributed by atoms with Gasteiger partial charge in [0, 0.05) is 19.3 Å². The zero-order chi connectivity index (χ0) is 55.0. The molecule has 1 unspecified atom stereocenters. The van der Waals surface area contributed by atoms with Crippen LogP contribution in [0.25, 0.3) is 0 Å². The van der Waals surface area contributed by atoms with Gasteiger partial charge in [-0.25, -0.2) is 0 Å². The average Bonchev–Trinajstić information content (AvgIpc) is 3.42. The first-order chi connectivity index (χ1) is 37.5. The molecule has 0 N–H and O–H groups in total. The van der Waals surface area contributed by atoms with Crippen molar-refractivity contribution in [2.45, 2.75) is 341 Å². The molecule has 1 atom stereocenters. The van der Waals surface area contributed by atoms with Gasteiger partial charge in [-0.05, 0) is 57.8 Å². The molecule has 0 aliphatic carbocycles. The van der Waals surface area contributed by atoms with Gasteiger partial charge < -0.3 is 14.2 Å². The lowest BCUT2D eigenvalue weighted by molar-refractivity contribution is -0.166. The van der Waals surface area contributed by atoms with Gasteiger partial charge >= 0.3 is 17.9 Å². The number of rotatable bonds is 60. The Hall–Kier alpha value is -3.15. The summed E-state index contributed by atoms with van der Waals surface area (Å²) in [6, 6.07) is 0. The van der Waals surface area contributed by atoms with E-state index in [4.69, 9.17) is 14.2 Å². The minimum atomic E-state index is -0.814. The van der Waals surface area contributed by atoms with Crippen LogP contribution in [0, 0.1) is 0 Å². The van der Waals surface area contributed by atoms with Gasteiger partial charge in [0.1, 0.15) is 13.2 Å². The largest absolute Gasteiger partial charge is 0.462 e. The predicted molar refractivity (Wildman–Crippen MR) is 330 cm³/mol. The SMILES string of the molecule is CC/C=C\C/C=C\C/C=C\C/C=C\C/C=C\C/C=C\CCC(=O)OC(COC(=O)CCCCCCCCCCCCCCCCCCC)COC(=O)CCCCCCCCCCCCCCCCCCCCCCCC. The van der Waals surface area contributed by atoms with Crippen LogP contribution in [0.15, 0.2) is 72.9 Å². The van der Waals surface area contributed by atoms with Crippen LogP contribution in [0.2, 0.25) is 0 Å². The number of carbonyl (C=O) groups is 3. The van der Waals surface area contributed by atoms with Gasteiger partial charge in [0.2, 0.25) is 0 Å². The Balaban J connectivity index is 4.41. The van der Waals surface area contributed by atoms with Gasteiger partial charge in [-0.2, -0.15) is 0 Å². The lowest BCUT2D eigenvalue weighted by Gasteiger charge is -2.18. The van der Waals surface area contributed by atoms with Crippen LogP contribution in [0.5, 0.6) is 0 Å². The second-order valence-corrected chi connectivity index (χ2v) is 22.0. The van der Waals surface area contributed by atoms with Gasteiger partial charge in [-0.3, -0.25) is 14.4 Å². The van der Waals surface area contributed by atoms with Crippen molar-refractivity contribution < 1.29 is 28.6 Å². The molecule has 0 radical (unpaired) electrons. The molecule has 6 nitrogen and oxygen atoms in total. The minimum absolute atomic E-state index is 0.101. The first kappa shape index (κ1) is 72.8. The predicted octanol–water partition coefficient (Wildman–Crippen LogP) is 22.5. The van der Waals surface area contributed by atoms with Gasteiger partial charge in [0.25, 0.3) is 0 Å². The summed E-state index contributed by atoms with van der Waals surface area (Å²) in [7, 11) is 0. The quantitative estimate of drug-likeness (QED) is 0.0261. The molecule has 0 aromatic heterocycles. The molecule has 0 saturated carbocycles. The van der Waals surface area contributed by atoms with Crippen LogP contribution in [0.3, 0.4) is 0 Å². The molecule has 6 heteroatoms. The second kappa shape index (κ2) is 64.4. The standard InChI is InChI=1S/C70H124O6/c1-4-7-10-13-16-19-22-25-28-31-33-34-35-37-39-42-45-48-51-54-57-60-63-69(72)75-66-67(65-74-68(71)62-59-56-53-50-47-44-41-38-30-27-24-21-18-15-12-9-6-3)76-70(73)64-61-58-55-52-49-46-43-40-36-32-29-26-23-20-17-14-11-8-5-2/h8,11,17,20,26,29,36,40,46,49,55,58,67H,4-7,9-10,12-16,18-19,21-25,27-28,30-35,37-39,41-45,47-48,50-54,56-57,59-66H2,1-3H3/b11-8-,20-17-,29-26-,40-36-,49-46-,58-55-. The highest BCUT2D eigenvalue weighted by Crippen LogP contribution is 2.18. The number of hydrogen-bond donors (Lipinski definition) is 0. The Kier molecular flexibility index (Phi) is 61.7. The summed E-state index contributed by atoms with van der Waals surface area (Å²) in [5.41, 5.74) is 0. The van der Waals surface area contributed by atoms with Crippen molar-refractivity contribution in [3.63, 3.8) is 0 Å². The van der Waals surface area contributed by atoms with Crippen molar-refractivity contribution in [2.75, 3.05) is 13.2 Å². The number of hydrogen-bond acceptors (Lipinski definition) is 6. The first-order valence-corrected chi connectivity index (χ1v) is 32.9. The van der Waals surface area contributed by atoms with Crippen LogP contribution in [-0.2, 0) is 28.6 Å². The number of ether oxygens (including phenoxy) is 3. The zero-order valence-corrected chi connectivity index (χ0v) is 50.5. The lowest BCUT2D eigenvalue weighted by Crippen LogP contribution is -2.30. The molecule has 0 aliphatic heterocycles. The fourth-order valence-electron chi connectivity index (χ4n) is 9.59. The molecule has 0 aromatic rings. The van der Waals surface area contributed by atoms with Crippen LogP contribution >= 0.6 is 0 Å². The highest BCUT2D eigenvalue weighted by molar-refractivity contribution is 5.71. The molecule has 0 aliphatic rings. The van der Waals surface area contributed by atoms with Gasteiger partial charge in [-0.15, -0.1) is 0 Å². The van der Waals surface area contributed by atoms with Crippen molar-refractivity contribution >= 4 is 17.9 Å². The molecule has 76 heavy (non-hydrogen) atoms. The summed E-state index contributed by atoms with van der Waals surface area (Å²) in [6.07, 6.45) is 83.6. The topological polar surface area (TPSA) is 78.9 Å². The Morgan fingerprint density at radius 3 is 0.776 bits per heavy atom. The Bertz CT molecular complexity index is 1400. The van der Waals surface area contributed by atoms with Crippen LogP contribution in [0.4, 0.5) is 0 Å². The maximum atomic E-state index is 12.9. The number of allylic oxidation sites excluding steroid dienone is 12. The lowest BCUT2D eigenvalue weighted by atomic mass is 10.0. The monoisotopic (exact) mass is 1060 g/mol. The number of unbranched alkanes of at least 4 members (excludes halogenated alkanes) is 37. The van der Waals surface area contributed by atoms with Gasteiger partial charge in [-0.1, -0.05) is 331 Å². The van der Waals surface area contributed by atoms with Crippen molar-refractivity contribution in [2.24, 2.45) is 0 Å². The highest BCUT2D eigenvalue weighted by Gasteiger charge is 2.19. The fraction of sp³-hybridized carbons (Fsp3) is 0.786. The summed E-state index contributed by atoms with van der Waals surface area (Å²) in [6.45, 7) is 6.52. The summed E-state index contributed by atoms with van der Waals surface area (Å²) in [5.74, 6) is -0.965. The Morgan fingerprint density at radius 2 is 0.513 bits per heavy atom. The summed E-state index contributed by atoms with van der Waals surface area (Å²) < 4.78 is 16.9. The first-order valence-electron chi connectivity index (χ1n) is 32.9. The third-order valence-corrected chi connectivity index (χ3v) is 14.5. The van der Waals surface area contributed by atoms with Crippen molar-refractivity contribution in [3.8, 4) is 0 Å². The molecule has 0 aromatic carbocycles. The van der Waals surface area contributed by atoms with E-state index in [1.807, 2.05) is 6.08 Å². The molecule has 0 rings (SSSR count). The van der Waals surface area contributed by atoms with Crippen LogP contribution < -0.4 is 0 Å². The number of carbonyl (C=O) groups excluding carboxylic acids is 3. The van der Waals surface area contributed by atoms with E-state index in [1.54, 1.807) is 0 Å². The van der Waals surface area contributed by atoms with Crippen molar-refractivity contribution in [1.29, 1.82) is 0 Å². The van der Waals surface area contributed by atoms with E-state index in [0.29, 0.717) is 19.3 Å². The molecular weight excluding hydrogens is 937 g/mol. The zero-order valence-electron chi connectivity index (χ0n) is 50.5. The molecule has 0 amide bonds. The Labute approximate surface area is 472 Å². The smallest absolute Gasteiger partial charge is 0.306 e. The molecular formula is C70H124O6. The summed E-state index contributed by atoms with van der Waals surface area (Å²) in [5, 5.41) is 0. The normalized spacial score (nSPS) is 12.5. The number of esters is 3. The van der Waals surface area contributed by atoms with Crippen molar-refractivity contribution in [3.05, 3.63) is 72.9 Å². The van der Waals surface area contributed by atoms with E-state index >= 15 is 0 Å². The second-order valence-electron chi connectivity index (χ2n) is 22.0.